The number of aryl methyl sites for hydroxylation is 2. The third-order valence-corrected chi connectivity index (χ3v) is 3.64. The molecule has 0 saturated heterocycles. The van der Waals surface area contributed by atoms with E-state index < -0.39 is 0 Å². The van der Waals surface area contributed by atoms with Gasteiger partial charge in [0, 0.05) is 17.8 Å². The first-order valence-corrected chi connectivity index (χ1v) is 7.42. The van der Waals surface area contributed by atoms with Crippen LogP contribution in [0.1, 0.15) is 43.9 Å². The molecule has 1 aromatic carbocycles. The standard InChI is InChI=1S/C17H26N2O/c1-12-9-13(2)14-7-6-8-19(15(14)10-12)11-16(20)18-17(3,4)5/h9-10H,6-8,11H2,1-5H3,(H,18,20). The molecular formula is C17H26N2O. The van der Waals surface area contributed by atoms with Gasteiger partial charge in [0.15, 0.2) is 0 Å². The highest BCUT2D eigenvalue weighted by molar-refractivity contribution is 5.82. The molecule has 1 aliphatic rings. The predicted octanol–water partition coefficient (Wildman–Crippen LogP) is 2.97. The lowest BCUT2D eigenvalue weighted by Gasteiger charge is -2.33. The molecule has 110 valence electrons. The van der Waals surface area contributed by atoms with Crippen molar-refractivity contribution in [2.75, 3.05) is 18.0 Å². The molecule has 0 aromatic heterocycles. The average Bonchev–Trinajstić information content (AvgIpc) is 2.27. The second-order valence-electron chi connectivity index (χ2n) is 6.90. The quantitative estimate of drug-likeness (QED) is 0.899. The summed E-state index contributed by atoms with van der Waals surface area (Å²) < 4.78 is 0. The van der Waals surface area contributed by atoms with E-state index in [1.165, 1.54) is 22.4 Å². The van der Waals surface area contributed by atoms with E-state index in [2.05, 4.69) is 36.2 Å². The van der Waals surface area contributed by atoms with E-state index in [-0.39, 0.29) is 11.4 Å². The van der Waals surface area contributed by atoms with Gasteiger partial charge in [0.05, 0.1) is 6.54 Å². The van der Waals surface area contributed by atoms with Gasteiger partial charge in [0.2, 0.25) is 5.91 Å². The number of amides is 1. The van der Waals surface area contributed by atoms with Crippen LogP contribution in [-0.2, 0) is 11.2 Å². The zero-order valence-corrected chi connectivity index (χ0v) is 13.3. The Kier molecular flexibility index (Phi) is 4.07. The molecule has 0 saturated carbocycles. The van der Waals surface area contributed by atoms with Crippen LogP contribution in [0, 0.1) is 13.8 Å². The molecule has 0 bridgehead atoms. The molecular weight excluding hydrogens is 248 g/mol. The molecule has 0 fully saturated rings. The topological polar surface area (TPSA) is 32.3 Å². The van der Waals surface area contributed by atoms with Crippen LogP contribution in [0.5, 0.6) is 0 Å². The van der Waals surface area contributed by atoms with Gasteiger partial charge < -0.3 is 10.2 Å². The molecule has 3 heteroatoms. The molecule has 1 N–H and O–H groups in total. The molecule has 0 spiro atoms. The number of anilines is 1. The van der Waals surface area contributed by atoms with Crippen LogP contribution < -0.4 is 10.2 Å². The molecule has 0 radical (unpaired) electrons. The fourth-order valence-corrected chi connectivity index (χ4v) is 2.94. The van der Waals surface area contributed by atoms with Gasteiger partial charge in [-0.15, -0.1) is 0 Å². The van der Waals surface area contributed by atoms with Gasteiger partial charge in [-0.05, 0) is 70.2 Å². The highest BCUT2D eigenvalue weighted by Crippen LogP contribution is 2.30. The van der Waals surface area contributed by atoms with Crippen molar-refractivity contribution in [2.24, 2.45) is 0 Å². The minimum Gasteiger partial charge on any atom is -0.362 e. The summed E-state index contributed by atoms with van der Waals surface area (Å²) in [6.07, 6.45) is 2.25. The zero-order valence-electron chi connectivity index (χ0n) is 13.3. The first-order chi connectivity index (χ1) is 9.26. The van der Waals surface area contributed by atoms with E-state index in [4.69, 9.17) is 0 Å². The summed E-state index contributed by atoms with van der Waals surface area (Å²) in [5, 5.41) is 3.05. The van der Waals surface area contributed by atoms with Crippen LogP contribution in [0.15, 0.2) is 12.1 Å². The summed E-state index contributed by atoms with van der Waals surface area (Å²) in [6, 6.07) is 4.45. The Labute approximate surface area is 122 Å². The Hall–Kier alpha value is -1.51. The number of carbonyl (C=O) groups excluding carboxylic acids is 1. The number of carbonyl (C=O) groups is 1. The Balaban J connectivity index is 2.19. The number of benzene rings is 1. The summed E-state index contributed by atoms with van der Waals surface area (Å²) in [6.45, 7) is 11.8. The van der Waals surface area contributed by atoms with Crippen LogP contribution in [0.2, 0.25) is 0 Å². The maximum atomic E-state index is 12.2. The highest BCUT2D eigenvalue weighted by atomic mass is 16.2. The lowest BCUT2D eigenvalue weighted by molar-refractivity contribution is -0.121. The van der Waals surface area contributed by atoms with Crippen LogP contribution in [0.3, 0.4) is 0 Å². The largest absolute Gasteiger partial charge is 0.362 e. The van der Waals surface area contributed by atoms with E-state index in [1.807, 2.05) is 20.8 Å². The van der Waals surface area contributed by atoms with Gasteiger partial charge in [0.25, 0.3) is 0 Å². The van der Waals surface area contributed by atoms with Crippen LogP contribution in [0.25, 0.3) is 0 Å². The summed E-state index contributed by atoms with van der Waals surface area (Å²) in [7, 11) is 0. The molecule has 1 aromatic rings. The lowest BCUT2D eigenvalue weighted by atomic mass is 9.95. The molecule has 0 unspecified atom stereocenters. The third kappa shape index (κ3) is 3.53. The van der Waals surface area contributed by atoms with E-state index >= 15 is 0 Å². The number of hydrogen-bond donors (Lipinski definition) is 1. The first kappa shape index (κ1) is 14.9. The minimum absolute atomic E-state index is 0.101. The van der Waals surface area contributed by atoms with Crippen molar-refractivity contribution in [3.05, 3.63) is 28.8 Å². The summed E-state index contributed by atoms with van der Waals surface area (Å²) in [5.74, 6) is 0.101. The smallest absolute Gasteiger partial charge is 0.239 e. The number of fused-ring (bicyclic) bond motifs is 1. The maximum Gasteiger partial charge on any atom is 0.239 e. The second-order valence-corrected chi connectivity index (χ2v) is 6.90. The third-order valence-electron chi connectivity index (χ3n) is 3.64. The van der Waals surface area contributed by atoms with Crippen molar-refractivity contribution >= 4 is 11.6 Å². The van der Waals surface area contributed by atoms with Gasteiger partial charge in [-0.3, -0.25) is 4.79 Å². The van der Waals surface area contributed by atoms with E-state index in [0.29, 0.717) is 6.54 Å². The summed E-state index contributed by atoms with van der Waals surface area (Å²) >= 11 is 0. The lowest BCUT2D eigenvalue weighted by Crippen LogP contribution is -2.47. The zero-order chi connectivity index (χ0) is 14.9. The van der Waals surface area contributed by atoms with Crippen molar-refractivity contribution in [2.45, 2.75) is 53.0 Å². The maximum absolute atomic E-state index is 12.2. The predicted molar refractivity (Wildman–Crippen MR) is 84.3 cm³/mol. The van der Waals surface area contributed by atoms with Crippen molar-refractivity contribution in [3.8, 4) is 0 Å². The van der Waals surface area contributed by atoms with Gasteiger partial charge >= 0.3 is 0 Å². The van der Waals surface area contributed by atoms with Crippen LogP contribution in [-0.4, -0.2) is 24.5 Å². The van der Waals surface area contributed by atoms with Crippen molar-refractivity contribution < 1.29 is 4.79 Å². The molecule has 1 aliphatic heterocycles. The SMILES string of the molecule is Cc1cc(C)c2c(c1)N(CC(=O)NC(C)(C)C)CCC2. The first-order valence-electron chi connectivity index (χ1n) is 7.42. The average molecular weight is 274 g/mol. The van der Waals surface area contributed by atoms with Crippen LogP contribution >= 0.6 is 0 Å². The monoisotopic (exact) mass is 274 g/mol. The summed E-state index contributed by atoms with van der Waals surface area (Å²) in [4.78, 5) is 14.4. The van der Waals surface area contributed by atoms with Gasteiger partial charge in [-0.25, -0.2) is 0 Å². The number of nitrogens with one attached hydrogen (secondary N) is 1. The Morgan fingerprint density at radius 2 is 2.00 bits per heavy atom. The fourth-order valence-electron chi connectivity index (χ4n) is 2.94. The Morgan fingerprint density at radius 3 is 2.65 bits per heavy atom. The van der Waals surface area contributed by atoms with E-state index in [1.54, 1.807) is 0 Å². The Morgan fingerprint density at radius 1 is 1.30 bits per heavy atom. The molecule has 20 heavy (non-hydrogen) atoms. The van der Waals surface area contributed by atoms with Crippen LogP contribution in [0.4, 0.5) is 5.69 Å². The van der Waals surface area contributed by atoms with Gasteiger partial charge in [-0.1, -0.05) is 6.07 Å². The van der Waals surface area contributed by atoms with Gasteiger partial charge in [0.1, 0.15) is 0 Å². The molecule has 3 nitrogen and oxygen atoms in total. The van der Waals surface area contributed by atoms with Crippen molar-refractivity contribution in [1.29, 1.82) is 0 Å². The Bertz CT molecular complexity index is 514. The normalized spacial score (nSPS) is 14.9. The van der Waals surface area contributed by atoms with E-state index in [9.17, 15) is 4.79 Å². The number of rotatable bonds is 2. The van der Waals surface area contributed by atoms with E-state index in [0.717, 1.165) is 19.4 Å². The molecule has 1 heterocycles. The van der Waals surface area contributed by atoms with Crippen molar-refractivity contribution in [3.63, 3.8) is 0 Å². The second kappa shape index (κ2) is 5.47. The minimum atomic E-state index is -0.168. The molecule has 0 aliphatic carbocycles. The van der Waals surface area contributed by atoms with Gasteiger partial charge in [-0.2, -0.15) is 0 Å². The summed E-state index contributed by atoms with van der Waals surface area (Å²) in [5.41, 5.74) is 5.10. The molecule has 1 amide bonds. The van der Waals surface area contributed by atoms with Crippen molar-refractivity contribution in [1.82, 2.24) is 5.32 Å². The highest BCUT2D eigenvalue weighted by Gasteiger charge is 2.22. The number of hydrogen-bond acceptors (Lipinski definition) is 2. The fraction of sp³-hybridized carbons (Fsp3) is 0.588. The number of nitrogens with zero attached hydrogens (tertiary/aromatic N) is 1. The molecule has 2 rings (SSSR count). The molecule has 0 atom stereocenters.